The minimum atomic E-state index is 0.110. The molecule has 1 aliphatic heterocycles. The molecule has 0 aliphatic carbocycles. The Balaban J connectivity index is 1.61. The molecule has 134 valence electrons. The third kappa shape index (κ3) is 7.24. The van der Waals surface area contributed by atoms with Crippen molar-refractivity contribution in [1.82, 2.24) is 10.2 Å². The van der Waals surface area contributed by atoms with E-state index in [-0.39, 0.29) is 12.0 Å². The van der Waals surface area contributed by atoms with Crippen LogP contribution in [0.15, 0.2) is 29.2 Å². The molecule has 2 rings (SSSR count). The number of rotatable bonds is 8. The molecule has 5 heteroatoms. The van der Waals surface area contributed by atoms with E-state index in [0.717, 1.165) is 32.0 Å². The Bertz CT molecular complexity index is 505. The van der Waals surface area contributed by atoms with Crippen molar-refractivity contribution in [2.45, 2.75) is 38.2 Å². The average Bonchev–Trinajstić information content (AvgIpc) is 2.54. The number of carbonyl (C=O) groups is 1. The van der Waals surface area contributed by atoms with Crippen molar-refractivity contribution in [1.29, 1.82) is 0 Å². The van der Waals surface area contributed by atoms with Crippen LogP contribution in [0, 0.1) is 12.8 Å². The predicted octanol–water partition coefficient (Wildman–Crippen LogP) is 2.95. The van der Waals surface area contributed by atoms with E-state index >= 15 is 0 Å². The van der Waals surface area contributed by atoms with Crippen LogP contribution >= 0.6 is 11.8 Å². The van der Waals surface area contributed by atoms with Crippen LogP contribution in [0.4, 0.5) is 0 Å². The molecule has 0 bridgehead atoms. The van der Waals surface area contributed by atoms with Crippen molar-refractivity contribution >= 4 is 17.7 Å². The molecule has 1 fully saturated rings. The lowest BCUT2D eigenvalue weighted by Gasteiger charge is -2.33. The molecular formula is C19H30N2O2S. The normalized spacial score (nSPS) is 18.8. The lowest BCUT2D eigenvalue weighted by molar-refractivity contribution is -0.121. The minimum Gasteiger partial charge on any atom is -0.374 e. The maximum Gasteiger partial charge on any atom is 0.220 e. The van der Waals surface area contributed by atoms with E-state index in [4.69, 9.17) is 4.74 Å². The first-order chi connectivity index (χ1) is 11.5. The van der Waals surface area contributed by atoms with Gasteiger partial charge in [0.25, 0.3) is 0 Å². The van der Waals surface area contributed by atoms with Gasteiger partial charge in [0.2, 0.25) is 5.91 Å². The summed E-state index contributed by atoms with van der Waals surface area (Å²) in [5, 5.41) is 3.02. The smallest absolute Gasteiger partial charge is 0.220 e. The summed E-state index contributed by atoms with van der Waals surface area (Å²) in [4.78, 5) is 15.6. The number of benzene rings is 1. The number of hydrogen-bond acceptors (Lipinski definition) is 4. The van der Waals surface area contributed by atoms with Gasteiger partial charge in [0.05, 0.1) is 12.7 Å². The summed E-state index contributed by atoms with van der Waals surface area (Å²) in [5.74, 6) is 1.58. The van der Waals surface area contributed by atoms with Gasteiger partial charge in [-0.1, -0.05) is 31.5 Å². The van der Waals surface area contributed by atoms with Crippen molar-refractivity contribution in [3.05, 3.63) is 29.8 Å². The fourth-order valence-electron chi connectivity index (χ4n) is 2.80. The topological polar surface area (TPSA) is 41.6 Å². The minimum absolute atomic E-state index is 0.110. The van der Waals surface area contributed by atoms with Gasteiger partial charge in [-0.05, 0) is 25.0 Å². The Morgan fingerprint density at radius 1 is 1.38 bits per heavy atom. The largest absolute Gasteiger partial charge is 0.374 e. The highest BCUT2D eigenvalue weighted by Gasteiger charge is 2.21. The van der Waals surface area contributed by atoms with Crippen molar-refractivity contribution in [3.8, 4) is 0 Å². The fourth-order valence-corrected chi connectivity index (χ4v) is 3.65. The number of nitrogens with zero attached hydrogens (tertiary/aromatic N) is 1. The first kappa shape index (κ1) is 19.3. The van der Waals surface area contributed by atoms with E-state index in [0.29, 0.717) is 18.9 Å². The highest BCUT2D eigenvalue weighted by Crippen LogP contribution is 2.18. The van der Waals surface area contributed by atoms with Gasteiger partial charge < -0.3 is 10.1 Å². The zero-order chi connectivity index (χ0) is 17.4. The van der Waals surface area contributed by atoms with Gasteiger partial charge in [-0.3, -0.25) is 9.69 Å². The molecule has 1 saturated heterocycles. The molecule has 1 atom stereocenters. The number of carbonyl (C=O) groups excluding carboxylic acids is 1. The Morgan fingerprint density at radius 3 is 2.83 bits per heavy atom. The van der Waals surface area contributed by atoms with Crippen LogP contribution in [0.5, 0.6) is 0 Å². The third-order valence-electron chi connectivity index (χ3n) is 3.99. The Hall–Kier alpha value is -1.04. The van der Waals surface area contributed by atoms with Gasteiger partial charge in [0.15, 0.2) is 0 Å². The van der Waals surface area contributed by atoms with Gasteiger partial charge in [-0.2, -0.15) is 0 Å². The zero-order valence-corrected chi connectivity index (χ0v) is 15.9. The first-order valence-electron chi connectivity index (χ1n) is 8.83. The molecule has 1 aliphatic rings. The summed E-state index contributed by atoms with van der Waals surface area (Å²) >= 11 is 1.73. The number of hydrogen-bond donors (Lipinski definition) is 1. The molecule has 1 amide bonds. The molecule has 0 aromatic heterocycles. The SMILES string of the molecule is Cc1ccc(SCCC(=O)NCC2CN(CC(C)C)CCO2)cc1. The maximum atomic E-state index is 12.0. The third-order valence-corrected chi connectivity index (χ3v) is 5.01. The van der Waals surface area contributed by atoms with E-state index in [2.05, 4.69) is 55.3 Å². The number of amides is 1. The first-order valence-corrected chi connectivity index (χ1v) is 9.81. The van der Waals surface area contributed by atoms with Crippen molar-refractivity contribution < 1.29 is 9.53 Å². The van der Waals surface area contributed by atoms with Crippen LogP contribution < -0.4 is 5.32 Å². The number of aryl methyl sites for hydroxylation is 1. The molecule has 4 nitrogen and oxygen atoms in total. The molecule has 0 radical (unpaired) electrons. The summed E-state index contributed by atoms with van der Waals surface area (Å²) in [5.41, 5.74) is 1.26. The second-order valence-corrected chi connectivity index (χ2v) is 8.03. The van der Waals surface area contributed by atoms with Crippen molar-refractivity contribution in [2.24, 2.45) is 5.92 Å². The molecule has 0 spiro atoms. The molecule has 1 aromatic carbocycles. The molecular weight excluding hydrogens is 320 g/mol. The van der Waals surface area contributed by atoms with Crippen LogP contribution in [0.25, 0.3) is 0 Å². The molecule has 0 saturated carbocycles. The van der Waals surface area contributed by atoms with Crippen molar-refractivity contribution in [2.75, 3.05) is 38.5 Å². The van der Waals surface area contributed by atoms with Crippen LogP contribution in [0.2, 0.25) is 0 Å². The van der Waals surface area contributed by atoms with E-state index in [1.54, 1.807) is 11.8 Å². The molecule has 1 unspecified atom stereocenters. The number of ether oxygens (including phenoxy) is 1. The van der Waals surface area contributed by atoms with Gasteiger partial charge in [0, 0.05) is 43.2 Å². The number of nitrogens with one attached hydrogen (secondary N) is 1. The lowest BCUT2D eigenvalue weighted by Crippen LogP contribution is -2.48. The molecule has 1 heterocycles. The monoisotopic (exact) mass is 350 g/mol. The van der Waals surface area contributed by atoms with Crippen LogP contribution in [-0.4, -0.2) is 55.4 Å². The van der Waals surface area contributed by atoms with Crippen LogP contribution in [0.1, 0.15) is 25.8 Å². The average molecular weight is 351 g/mol. The van der Waals surface area contributed by atoms with Gasteiger partial charge in [0.1, 0.15) is 0 Å². The van der Waals surface area contributed by atoms with E-state index in [1.807, 2.05) is 0 Å². The molecule has 1 aromatic rings. The molecule has 1 N–H and O–H groups in total. The van der Waals surface area contributed by atoms with E-state index in [1.165, 1.54) is 10.5 Å². The van der Waals surface area contributed by atoms with E-state index in [9.17, 15) is 4.79 Å². The van der Waals surface area contributed by atoms with Crippen molar-refractivity contribution in [3.63, 3.8) is 0 Å². The summed E-state index contributed by atoms with van der Waals surface area (Å²) < 4.78 is 5.76. The van der Waals surface area contributed by atoms with Crippen LogP contribution in [0.3, 0.4) is 0 Å². The maximum absolute atomic E-state index is 12.0. The summed E-state index contributed by atoms with van der Waals surface area (Å²) in [6.45, 7) is 10.9. The second-order valence-electron chi connectivity index (χ2n) is 6.86. The highest BCUT2D eigenvalue weighted by molar-refractivity contribution is 7.99. The lowest BCUT2D eigenvalue weighted by atomic mass is 10.2. The van der Waals surface area contributed by atoms with Gasteiger partial charge >= 0.3 is 0 Å². The Labute approximate surface area is 150 Å². The standard InChI is InChI=1S/C19H30N2O2S/c1-15(2)13-21-9-10-23-17(14-21)12-20-19(22)8-11-24-18-6-4-16(3)5-7-18/h4-7,15,17H,8-14H2,1-3H3,(H,20,22). The number of morpholine rings is 1. The fraction of sp³-hybridized carbons (Fsp3) is 0.632. The Kier molecular flexibility index (Phi) is 8.09. The van der Waals surface area contributed by atoms with Gasteiger partial charge in [-0.25, -0.2) is 0 Å². The van der Waals surface area contributed by atoms with E-state index < -0.39 is 0 Å². The predicted molar refractivity (Wildman–Crippen MR) is 101 cm³/mol. The van der Waals surface area contributed by atoms with Crippen LogP contribution in [-0.2, 0) is 9.53 Å². The number of thioether (sulfide) groups is 1. The molecule has 24 heavy (non-hydrogen) atoms. The highest BCUT2D eigenvalue weighted by atomic mass is 32.2. The summed E-state index contributed by atoms with van der Waals surface area (Å²) in [6, 6.07) is 8.42. The summed E-state index contributed by atoms with van der Waals surface area (Å²) in [6.07, 6.45) is 0.659. The summed E-state index contributed by atoms with van der Waals surface area (Å²) in [7, 11) is 0. The quantitative estimate of drug-likeness (QED) is 0.732. The second kappa shape index (κ2) is 10.1. The zero-order valence-electron chi connectivity index (χ0n) is 15.1. The Morgan fingerprint density at radius 2 is 2.12 bits per heavy atom. The van der Waals surface area contributed by atoms with Gasteiger partial charge in [-0.15, -0.1) is 11.8 Å².